The van der Waals surface area contributed by atoms with Crippen molar-refractivity contribution in [2.24, 2.45) is 5.73 Å². The number of nitrogens with zero attached hydrogens (tertiary/aromatic N) is 1. The van der Waals surface area contributed by atoms with Gasteiger partial charge in [-0.2, -0.15) is 13.2 Å². The molecule has 2 aromatic rings. The Morgan fingerprint density at radius 1 is 1.17 bits per heavy atom. The van der Waals surface area contributed by atoms with Gasteiger partial charge in [-0.1, -0.05) is 23.4 Å². The molecule has 0 atom stereocenters. The Balaban J connectivity index is 2.54. The zero-order valence-corrected chi connectivity index (χ0v) is 9.37. The molecule has 1 aromatic carbocycles. The summed E-state index contributed by atoms with van der Waals surface area (Å²) in [5.41, 5.74) is 5.53. The SMILES string of the molecule is NCCc1nocc1-c1ccccc1C(F)(F)F. The van der Waals surface area contributed by atoms with Gasteiger partial charge in [-0.25, -0.2) is 0 Å². The maximum atomic E-state index is 12.9. The number of hydrogen-bond donors (Lipinski definition) is 1. The van der Waals surface area contributed by atoms with Crippen molar-refractivity contribution in [1.82, 2.24) is 5.16 Å². The average Bonchev–Trinajstić information content (AvgIpc) is 2.77. The summed E-state index contributed by atoms with van der Waals surface area (Å²) in [6, 6.07) is 5.33. The molecular formula is C12H11F3N2O. The minimum atomic E-state index is -4.41. The van der Waals surface area contributed by atoms with E-state index in [0.717, 1.165) is 6.07 Å². The molecule has 0 fully saturated rings. The van der Waals surface area contributed by atoms with Crippen LogP contribution in [0.5, 0.6) is 0 Å². The van der Waals surface area contributed by atoms with Crippen LogP contribution >= 0.6 is 0 Å². The molecule has 0 unspecified atom stereocenters. The normalized spacial score (nSPS) is 11.8. The molecule has 6 heteroatoms. The van der Waals surface area contributed by atoms with E-state index in [1.807, 2.05) is 0 Å². The molecule has 0 aliphatic rings. The average molecular weight is 256 g/mol. The van der Waals surface area contributed by atoms with Crippen molar-refractivity contribution in [3.63, 3.8) is 0 Å². The van der Waals surface area contributed by atoms with Gasteiger partial charge in [0.2, 0.25) is 0 Å². The Morgan fingerprint density at radius 2 is 1.89 bits per heavy atom. The number of hydrogen-bond acceptors (Lipinski definition) is 3. The maximum absolute atomic E-state index is 12.9. The lowest BCUT2D eigenvalue weighted by Crippen LogP contribution is -2.08. The van der Waals surface area contributed by atoms with E-state index in [-0.39, 0.29) is 5.56 Å². The van der Waals surface area contributed by atoms with Crippen LogP contribution in [0.1, 0.15) is 11.3 Å². The summed E-state index contributed by atoms with van der Waals surface area (Å²) < 4.78 is 43.4. The third-order valence-electron chi connectivity index (χ3n) is 2.55. The predicted octanol–water partition coefficient (Wildman–Crippen LogP) is 2.86. The summed E-state index contributed by atoms with van der Waals surface area (Å²) in [4.78, 5) is 0. The van der Waals surface area contributed by atoms with E-state index in [0.29, 0.717) is 24.2 Å². The first kappa shape index (κ1) is 12.6. The van der Waals surface area contributed by atoms with Gasteiger partial charge in [0.25, 0.3) is 0 Å². The molecule has 1 heterocycles. The van der Waals surface area contributed by atoms with Crippen LogP contribution in [0.25, 0.3) is 11.1 Å². The van der Waals surface area contributed by atoms with Gasteiger partial charge in [0, 0.05) is 12.0 Å². The minimum absolute atomic E-state index is 0.0645. The third-order valence-corrected chi connectivity index (χ3v) is 2.55. The van der Waals surface area contributed by atoms with Crippen molar-refractivity contribution in [2.75, 3.05) is 6.54 Å². The highest BCUT2D eigenvalue weighted by Crippen LogP contribution is 2.37. The molecule has 0 saturated heterocycles. The van der Waals surface area contributed by atoms with E-state index in [1.165, 1.54) is 18.4 Å². The zero-order valence-electron chi connectivity index (χ0n) is 9.37. The standard InChI is InChI=1S/C12H11F3N2O/c13-12(14,15)10-4-2-1-3-8(10)9-7-18-17-11(9)5-6-16/h1-4,7H,5-6,16H2. The van der Waals surface area contributed by atoms with Gasteiger partial charge in [0.05, 0.1) is 11.3 Å². The van der Waals surface area contributed by atoms with Crippen molar-refractivity contribution in [3.8, 4) is 11.1 Å². The number of alkyl halides is 3. The van der Waals surface area contributed by atoms with Crippen molar-refractivity contribution in [1.29, 1.82) is 0 Å². The third kappa shape index (κ3) is 2.38. The molecule has 18 heavy (non-hydrogen) atoms. The summed E-state index contributed by atoms with van der Waals surface area (Å²) in [6.45, 7) is 0.299. The van der Waals surface area contributed by atoms with E-state index in [9.17, 15) is 13.2 Å². The molecule has 2 N–H and O–H groups in total. The topological polar surface area (TPSA) is 52.0 Å². The Labute approximate surface area is 101 Å². The van der Waals surface area contributed by atoms with E-state index < -0.39 is 11.7 Å². The minimum Gasteiger partial charge on any atom is -0.364 e. The lowest BCUT2D eigenvalue weighted by molar-refractivity contribution is -0.137. The van der Waals surface area contributed by atoms with Crippen molar-refractivity contribution in [3.05, 3.63) is 41.8 Å². The first-order valence-corrected chi connectivity index (χ1v) is 5.34. The van der Waals surface area contributed by atoms with Gasteiger partial charge in [0.1, 0.15) is 6.26 Å². The maximum Gasteiger partial charge on any atom is 0.417 e. The van der Waals surface area contributed by atoms with Crippen LogP contribution in [-0.4, -0.2) is 11.7 Å². The molecular weight excluding hydrogens is 245 g/mol. The van der Waals surface area contributed by atoms with E-state index in [4.69, 9.17) is 10.3 Å². The molecule has 2 rings (SSSR count). The van der Waals surface area contributed by atoms with Crippen LogP contribution < -0.4 is 5.73 Å². The number of halogens is 3. The second kappa shape index (κ2) is 4.81. The fourth-order valence-corrected chi connectivity index (χ4v) is 1.76. The molecule has 0 spiro atoms. The van der Waals surface area contributed by atoms with Crippen LogP contribution in [0.15, 0.2) is 35.1 Å². The first-order chi connectivity index (χ1) is 8.54. The van der Waals surface area contributed by atoms with Crippen LogP contribution in [0.3, 0.4) is 0 Å². The van der Waals surface area contributed by atoms with Gasteiger partial charge >= 0.3 is 6.18 Å². The van der Waals surface area contributed by atoms with Gasteiger partial charge in [-0.3, -0.25) is 0 Å². The van der Waals surface area contributed by atoms with E-state index >= 15 is 0 Å². The summed E-state index contributed by atoms with van der Waals surface area (Å²) in [5.74, 6) is 0. The second-order valence-electron chi connectivity index (χ2n) is 3.76. The first-order valence-electron chi connectivity index (χ1n) is 5.34. The molecule has 0 aliphatic heterocycles. The molecule has 0 radical (unpaired) electrons. The van der Waals surface area contributed by atoms with Gasteiger partial charge in [-0.15, -0.1) is 0 Å². The van der Waals surface area contributed by atoms with Gasteiger partial charge < -0.3 is 10.3 Å². The summed E-state index contributed by atoms with van der Waals surface area (Å²) in [6.07, 6.45) is -2.82. The van der Waals surface area contributed by atoms with Gasteiger partial charge in [-0.05, 0) is 18.2 Å². The summed E-state index contributed by atoms with van der Waals surface area (Å²) in [5, 5.41) is 3.68. The summed E-state index contributed by atoms with van der Waals surface area (Å²) in [7, 11) is 0. The van der Waals surface area contributed by atoms with Crippen LogP contribution in [0, 0.1) is 0 Å². The predicted molar refractivity (Wildman–Crippen MR) is 59.7 cm³/mol. The molecule has 96 valence electrons. The Bertz CT molecular complexity index is 534. The molecule has 3 nitrogen and oxygen atoms in total. The molecule has 0 amide bonds. The highest BCUT2D eigenvalue weighted by atomic mass is 19.4. The fraction of sp³-hybridized carbons (Fsp3) is 0.250. The fourth-order valence-electron chi connectivity index (χ4n) is 1.76. The van der Waals surface area contributed by atoms with E-state index in [2.05, 4.69) is 5.16 Å². The molecule has 0 aliphatic carbocycles. The second-order valence-corrected chi connectivity index (χ2v) is 3.76. The number of nitrogens with two attached hydrogens (primary N) is 1. The monoisotopic (exact) mass is 256 g/mol. The van der Waals surface area contributed by atoms with E-state index in [1.54, 1.807) is 6.07 Å². The van der Waals surface area contributed by atoms with Crippen LogP contribution in [-0.2, 0) is 12.6 Å². The smallest absolute Gasteiger partial charge is 0.364 e. The molecule has 0 bridgehead atoms. The van der Waals surface area contributed by atoms with Gasteiger partial charge in [0.15, 0.2) is 0 Å². The summed E-state index contributed by atoms with van der Waals surface area (Å²) >= 11 is 0. The lowest BCUT2D eigenvalue weighted by atomic mass is 9.99. The van der Waals surface area contributed by atoms with Crippen LogP contribution in [0.4, 0.5) is 13.2 Å². The Kier molecular flexibility index (Phi) is 3.38. The largest absolute Gasteiger partial charge is 0.417 e. The number of rotatable bonds is 3. The highest BCUT2D eigenvalue weighted by molar-refractivity contribution is 5.69. The molecule has 1 aromatic heterocycles. The molecule has 0 saturated carbocycles. The lowest BCUT2D eigenvalue weighted by Gasteiger charge is -2.11. The van der Waals surface area contributed by atoms with Crippen molar-refractivity contribution in [2.45, 2.75) is 12.6 Å². The van der Waals surface area contributed by atoms with Crippen molar-refractivity contribution >= 4 is 0 Å². The van der Waals surface area contributed by atoms with Crippen molar-refractivity contribution < 1.29 is 17.7 Å². The number of aromatic nitrogens is 1. The quantitative estimate of drug-likeness (QED) is 0.918. The van der Waals surface area contributed by atoms with Crippen LogP contribution in [0.2, 0.25) is 0 Å². The highest BCUT2D eigenvalue weighted by Gasteiger charge is 2.34. The number of benzene rings is 1. The Hall–Kier alpha value is -1.82. The zero-order chi connectivity index (χ0) is 13.2. The Morgan fingerprint density at radius 3 is 2.56 bits per heavy atom.